The minimum absolute atomic E-state index is 0.180. The number of para-hydroxylation sites is 2. The summed E-state index contributed by atoms with van der Waals surface area (Å²) >= 11 is 0. The number of carbonyl (C=O) groups is 1. The van der Waals surface area contributed by atoms with Gasteiger partial charge in [-0.2, -0.15) is 3.97 Å². The average molecular weight is 429 g/mol. The monoisotopic (exact) mass is 428 g/mol. The molecule has 0 aliphatic carbocycles. The fourth-order valence-electron chi connectivity index (χ4n) is 3.89. The summed E-state index contributed by atoms with van der Waals surface area (Å²) in [6, 6.07) is 16.8. The molecule has 0 N–H and O–H groups in total. The number of benzene rings is 2. The molecule has 158 valence electrons. The van der Waals surface area contributed by atoms with Gasteiger partial charge in [0.25, 0.3) is 0 Å². The molecule has 8 nitrogen and oxygen atoms in total. The maximum Gasteiger partial charge on any atom is 0.343 e. The molecule has 30 heavy (non-hydrogen) atoms. The van der Waals surface area contributed by atoms with Gasteiger partial charge in [-0.05, 0) is 17.7 Å². The summed E-state index contributed by atoms with van der Waals surface area (Å²) < 4.78 is 26.2. The quantitative estimate of drug-likeness (QED) is 0.604. The maximum atomic E-state index is 12.9. The van der Waals surface area contributed by atoms with Crippen LogP contribution in [0.2, 0.25) is 0 Å². The molecule has 1 amide bonds. The highest BCUT2D eigenvalue weighted by Crippen LogP contribution is 2.15. The first kappa shape index (κ1) is 20.4. The highest BCUT2D eigenvalue weighted by Gasteiger charge is 2.25. The molecular formula is C21H24N4O4S. The predicted octanol–water partition coefficient (Wildman–Crippen LogP) is 0.955. The first-order valence-electron chi connectivity index (χ1n) is 9.79. The number of imidazole rings is 1. The molecule has 1 aliphatic rings. The Labute approximate surface area is 175 Å². The molecule has 0 bridgehead atoms. The lowest BCUT2D eigenvalue weighted by Crippen LogP contribution is -2.49. The molecule has 9 heteroatoms. The smallest absolute Gasteiger partial charge is 0.339 e. The highest BCUT2D eigenvalue weighted by molar-refractivity contribution is 7.89. The molecule has 1 saturated heterocycles. The van der Waals surface area contributed by atoms with Crippen LogP contribution >= 0.6 is 0 Å². The maximum absolute atomic E-state index is 12.9. The molecule has 2 aromatic carbocycles. The van der Waals surface area contributed by atoms with Gasteiger partial charge in [-0.3, -0.25) is 14.3 Å². The topological polar surface area (TPSA) is 84.6 Å². The van der Waals surface area contributed by atoms with E-state index in [9.17, 15) is 18.0 Å². The second-order valence-electron chi connectivity index (χ2n) is 7.53. The van der Waals surface area contributed by atoms with Crippen LogP contribution in [0.5, 0.6) is 0 Å². The van der Waals surface area contributed by atoms with E-state index in [-0.39, 0.29) is 18.0 Å². The van der Waals surface area contributed by atoms with Crippen LogP contribution in [0.4, 0.5) is 0 Å². The van der Waals surface area contributed by atoms with Crippen LogP contribution < -0.4 is 5.69 Å². The molecule has 4 rings (SSSR count). The fourth-order valence-corrected chi connectivity index (χ4v) is 4.78. The Kier molecular flexibility index (Phi) is 5.48. The summed E-state index contributed by atoms with van der Waals surface area (Å²) in [5.41, 5.74) is 1.24. The van der Waals surface area contributed by atoms with Gasteiger partial charge >= 0.3 is 5.69 Å². The first-order chi connectivity index (χ1) is 14.3. The van der Waals surface area contributed by atoms with Crippen LogP contribution in [-0.4, -0.2) is 65.1 Å². The van der Waals surface area contributed by atoms with Crippen molar-refractivity contribution in [3.63, 3.8) is 0 Å². The summed E-state index contributed by atoms with van der Waals surface area (Å²) in [5, 5.41) is 0. The van der Waals surface area contributed by atoms with E-state index in [4.69, 9.17) is 0 Å². The van der Waals surface area contributed by atoms with Crippen molar-refractivity contribution in [2.75, 3.05) is 32.4 Å². The van der Waals surface area contributed by atoms with Crippen molar-refractivity contribution in [3.8, 4) is 0 Å². The van der Waals surface area contributed by atoms with Gasteiger partial charge in [-0.25, -0.2) is 13.2 Å². The van der Waals surface area contributed by atoms with Crippen molar-refractivity contribution in [1.82, 2.24) is 18.3 Å². The van der Waals surface area contributed by atoms with Crippen molar-refractivity contribution in [2.45, 2.75) is 13.1 Å². The van der Waals surface area contributed by atoms with Gasteiger partial charge in [0.05, 0.1) is 17.3 Å². The number of hydrogen-bond donors (Lipinski definition) is 0. The van der Waals surface area contributed by atoms with Gasteiger partial charge in [0, 0.05) is 32.7 Å². The molecule has 1 aliphatic heterocycles. The van der Waals surface area contributed by atoms with E-state index in [1.807, 2.05) is 18.2 Å². The van der Waals surface area contributed by atoms with E-state index >= 15 is 0 Å². The van der Waals surface area contributed by atoms with Gasteiger partial charge in [0.15, 0.2) is 0 Å². The Morgan fingerprint density at radius 3 is 2.13 bits per heavy atom. The molecule has 0 saturated carbocycles. The summed E-state index contributed by atoms with van der Waals surface area (Å²) in [5.74, 6) is -0.187. The number of hydrogen-bond acceptors (Lipinski definition) is 5. The van der Waals surface area contributed by atoms with Crippen LogP contribution in [0.3, 0.4) is 0 Å². The number of aromatic nitrogens is 2. The molecule has 0 radical (unpaired) electrons. The Hall–Kier alpha value is -2.91. The molecule has 0 atom stereocenters. The third-order valence-electron chi connectivity index (χ3n) is 5.39. The van der Waals surface area contributed by atoms with Crippen molar-refractivity contribution < 1.29 is 13.2 Å². The Morgan fingerprint density at radius 1 is 0.900 bits per heavy atom. The third kappa shape index (κ3) is 4.03. The number of nitrogens with zero attached hydrogens (tertiary/aromatic N) is 4. The predicted molar refractivity (Wildman–Crippen MR) is 115 cm³/mol. The summed E-state index contributed by atoms with van der Waals surface area (Å²) in [7, 11) is -3.79. The van der Waals surface area contributed by atoms with Crippen LogP contribution in [-0.2, 0) is 27.9 Å². The van der Waals surface area contributed by atoms with Crippen LogP contribution in [0.1, 0.15) is 5.56 Å². The van der Waals surface area contributed by atoms with Gasteiger partial charge in [-0.15, -0.1) is 0 Å². The zero-order chi connectivity index (χ0) is 21.3. The fraction of sp³-hybridized carbons (Fsp3) is 0.333. The van der Waals surface area contributed by atoms with E-state index in [0.29, 0.717) is 18.6 Å². The van der Waals surface area contributed by atoms with Crippen molar-refractivity contribution >= 4 is 27.0 Å². The number of fused-ring (bicyclic) bond motifs is 1. The minimum Gasteiger partial charge on any atom is -0.339 e. The number of rotatable bonds is 5. The van der Waals surface area contributed by atoms with Crippen molar-refractivity contribution in [1.29, 1.82) is 0 Å². The highest BCUT2D eigenvalue weighted by atomic mass is 32.2. The van der Waals surface area contributed by atoms with Crippen LogP contribution in [0, 0.1) is 0 Å². The largest absolute Gasteiger partial charge is 0.343 e. The lowest BCUT2D eigenvalue weighted by molar-refractivity contribution is -0.133. The van der Waals surface area contributed by atoms with Gasteiger partial charge in [-0.1, -0.05) is 42.5 Å². The molecule has 0 spiro atoms. The van der Waals surface area contributed by atoms with Gasteiger partial charge in [0.1, 0.15) is 6.54 Å². The zero-order valence-electron chi connectivity index (χ0n) is 16.8. The number of amides is 1. The van der Waals surface area contributed by atoms with E-state index in [0.717, 1.165) is 29.9 Å². The van der Waals surface area contributed by atoms with E-state index in [2.05, 4.69) is 17.0 Å². The Balaban J connectivity index is 1.48. The summed E-state index contributed by atoms with van der Waals surface area (Å²) in [6.07, 6.45) is 0.985. The van der Waals surface area contributed by atoms with E-state index < -0.39 is 15.7 Å². The normalized spacial score (nSPS) is 15.6. The Morgan fingerprint density at radius 2 is 1.50 bits per heavy atom. The van der Waals surface area contributed by atoms with E-state index in [1.165, 1.54) is 10.1 Å². The molecule has 1 aromatic heterocycles. The molecule has 2 heterocycles. The summed E-state index contributed by atoms with van der Waals surface area (Å²) in [4.78, 5) is 29.7. The Bertz CT molecular complexity index is 1220. The molecule has 0 unspecified atom stereocenters. The average Bonchev–Trinajstić information content (AvgIpc) is 3.01. The lowest BCUT2D eigenvalue weighted by Gasteiger charge is -2.34. The lowest BCUT2D eigenvalue weighted by atomic mass is 10.2. The number of piperazine rings is 1. The van der Waals surface area contributed by atoms with Gasteiger partial charge < -0.3 is 4.90 Å². The third-order valence-corrected chi connectivity index (χ3v) is 6.41. The second-order valence-corrected chi connectivity index (χ2v) is 9.36. The molecule has 1 fully saturated rings. The van der Waals surface area contributed by atoms with E-state index in [1.54, 1.807) is 29.2 Å². The van der Waals surface area contributed by atoms with Crippen LogP contribution in [0.25, 0.3) is 11.0 Å². The standard InChI is InChI=1S/C21H24N4O4S/c1-30(28,29)25-19-10-6-5-9-18(19)24(21(25)27)16-20(26)23-13-11-22(12-14-23)15-17-7-3-2-4-8-17/h2-10H,11-16H2,1H3. The van der Waals surface area contributed by atoms with Crippen LogP contribution in [0.15, 0.2) is 59.4 Å². The summed E-state index contributed by atoms with van der Waals surface area (Å²) in [6.45, 7) is 3.31. The zero-order valence-corrected chi connectivity index (χ0v) is 17.6. The second kappa shape index (κ2) is 8.08. The first-order valence-corrected chi connectivity index (χ1v) is 11.6. The molecule has 3 aromatic rings. The van der Waals surface area contributed by atoms with Crippen molar-refractivity contribution in [3.05, 3.63) is 70.6 Å². The SMILES string of the molecule is CS(=O)(=O)n1c(=O)n(CC(=O)N2CCN(Cc3ccccc3)CC2)c2ccccc21. The van der Waals surface area contributed by atoms with Gasteiger partial charge in [0.2, 0.25) is 15.9 Å². The van der Waals surface area contributed by atoms with Crippen molar-refractivity contribution in [2.24, 2.45) is 0 Å². The minimum atomic E-state index is -3.79. The molecular weight excluding hydrogens is 404 g/mol. The number of carbonyl (C=O) groups excluding carboxylic acids is 1.